The van der Waals surface area contributed by atoms with Crippen molar-refractivity contribution in [3.8, 4) is 5.75 Å². The van der Waals surface area contributed by atoms with Crippen LogP contribution in [0.3, 0.4) is 0 Å². The van der Waals surface area contributed by atoms with E-state index in [1.807, 2.05) is 19.2 Å². The molecular weight excluding hydrogens is 198 g/mol. The lowest BCUT2D eigenvalue weighted by Gasteiger charge is -2.10. The van der Waals surface area contributed by atoms with Crippen LogP contribution in [0.4, 0.5) is 0 Å². The highest BCUT2D eigenvalue weighted by molar-refractivity contribution is 5.27. The minimum Gasteiger partial charge on any atom is -0.494 e. The molecule has 0 saturated heterocycles. The van der Waals surface area contributed by atoms with Crippen molar-refractivity contribution in [3.05, 3.63) is 29.8 Å². The largest absolute Gasteiger partial charge is 0.494 e. The molecule has 1 aromatic carbocycles. The fraction of sp³-hybridized carbons (Fsp3) is 0.571. The summed E-state index contributed by atoms with van der Waals surface area (Å²) in [5.41, 5.74) is 1.25. The molecular formula is C14H23NO. The van der Waals surface area contributed by atoms with Gasteiger partial charge in [-0.2, -0.15) is 0 Å². The lowest BCUT2D eigenvalue weighted by Crippen LogP contribution is -2.20. The maximum Gasteiger partial charge on any atom is 0.119 e. The number of hydrogen-bond donors (Lipinski definition) is 1. The Bertz CT molecular complexity index is 299. The zero-order valence-electron chi connectivity index (χ0n) is 10.6. The molecule has 0 aliphatic rings. The first kappa shape index (κ1) is 13.0. The van der Waals surface area contributed by atoms with Gasteiger partial charge >= 0.3 is 0 Å². The topological polar surface area (TPSA) is 21.3 Å². The van der Waals surface area contributed by atoms with E-state index in [1.54, 1.807) is 0 Å². The predicted octanol–water partition coefficient (Wildman–Crippen LogP) is 3.15. The number of hydrogen-bond acceptors (Lipinski definition) is 2. The summed E-state index contributed by atoms with van der Waals surface area (Å²) in [7, 11) is 2.01. The molecule has 0 aromatic heterocycles. The van der Waals surface area contributed by atoms with E-state index in [1.165, 1.54) is 18.4 Å². The van der Waals surface area contributed by atoms with E-state index in [2.05, 4.69) is 31.3 Å². The molecule has 1 aromatic rings. The van der Waals surface area contributed by atoms with E-state index < -0.39 is 0 Å². The Labute approximate surface area is 99.0 Å². The van der Waals surface area contributed by atoms with Crippen molar-refractivity contribution in [2.75, 3.05) is 13.7 Å². The molecule has 0 fully saturated rings. The second-order valence-electron chi connectivity index (χ2n) is 4.35. The van der Waals surface area contributed by atoms with Gasteiger partial charge in [-0.25, -0.2) is 0 Å². The average Bonchev–Trinajstić information content (AvgIpc) is 2.28. The smallest absolute Gasteiger partial charge is 0.119 e. The molecule has 2 nitrogen and oxygen atoms in total. The number of aryl methyl sites for hydroxylation is 1. The molecule has 0 aliphatic heterocycles. The monoisotopic (exact) mass is 221 g/mol. The summed E-state index contributed by atoms with van der Waals surface area (Å²) in [5, 5.41) is 3.24. The predicted molar refractivity (Wildman–Crippen MR) is 69.0 cm³/mol. The fourth-order valence-corrected chi connectivity index (χ4v) is 1.59. The molecule has 1 atom stereocenters. The van der Waals surface area contributed by atoms with E-state index >= 15 is 0 Å². The van der Waals surface area contributed by atoms with Crippen molar-refractivity contribution in [3.63, 3.8) is 0 Å². The van der Waals surface area contributed by atoms with Gasteiger partial charge in [0.1, 0.15) is 5.75 Å². The first-order valence-corrected chi connectivity index (χ1v) is 6.09. The van der Waals surface area contributed by atoms with E-state index in [4.69, 9.17) is 4.74 Å². The molecule has 0 saturated carbocycles. The molecule has 0 heterocycles. The Kier molecular flexibility index (Phi) is 5.94. The molecule has 0 amide bonds. The van der Waals surface area contributed by atoms with Gasteiger partial charge in [-0.05, 0) is 57.9 Å². The van der Waals surface area contributed by atoms with Crippen molar-refractivity contribution in [1.82, 2.24) is 5.32 Å². The molecule has 1 N–H and O–H groups in total. The molecule has 0 aliphatic carbocycles. The Morgan fingerprint density at radius 3 is 2.81 bits per heavy atom. The molecule has 16 heavy (non-hydrogen) atoms. The number of rotatable bonds is 7. The van der Waals surface area contributed by atoms with E-state index in [0.29, 0.717) is 6.04 Å². The minimum absolute atomic E-state index is 0.610. The van der Waals surface area contributed by atoms with Crippen LogP contribution in [0.2, 0.25) is 0 Å². The standard InChI is InChI=1S/C14H23NO/c1-12-7-6-9-14(11-12)16-10-5-4-8-13(2)15-3/h6-7,9,11,13,15H,4-5,8,10H2,1-3H3. The Balaban J connectivity index is 2.12. The van der Waals surface area contributed by atoms with Gasteiger partial charge in [-0.15, -0.1) is 0 Å². The summed E-state index contributed by atoms with van der Waals surface area (Å²) in [5.74, 6) is 0.988. The SMILES string of the molecule is CNC(C)CCCCOc1cccc(C)c1. The van der Waals surface area contributed by atoms with Crippen LogP contribution >= 0.6 is 0 Å². The average molecular weight is 221 g/mol. The molecule has 0 bridgehead atoms. The van der Waals surface area contributed by atoms with Gasteiger partial charge in [0.05, 0.1) is 6.61 Å². The van der Waals surface area contributed by atoms with Crippen LogP contribution in [0, 0.1) is 6.92 Å². The summed E-state index contributed by atoms with van der Waals surface area (Å²) in [6, 6.07) is 8.83. The quantitative estimate of drug-likeness (QED) is 0.714. The van der Waals surface area contributed by atoms with Crippen molar-refractivity contribution in [2.24, 2.45) is 0 Å². The third kappa shape index (κ3) is 5.17. The maximum atomic E-state index is 5.68. The highest BCUT2D eigenvalue weighted by Crippen LogP contribution is 2.13. The number of unbranched alkanes of at least 4 members (excludes halogenated alkanes) is 1. The highest BCUT2D eigenvalue weighted by Gasteiger charge is 1.98. The Morgan fingerprint density at radius 2 is 2.12 bits per heavy atom. The van der Waals surface area contributed by atoms with Gasteiger partial charge in [0.15, 0.2) is 0 Å². The van der Waals surface area contributed by atoms with Gasteiger partial charge < -0.3 is 10.1 Å². The van der Waals surface area contributed by atoms with Crippen LogP contribution in [0.25, 0.3) is 0 Å². The lowest BCUT2D eigenvalue weighted by molar-refractivity contribution is 0.302. The third-order valence-corrected chi connectivity index (χ3v) is 2.78. The third-order valence-electron chi connectivity index (χ3n) is 2.78. The van der Waals surface area contributed by atoms with Crippen LogP contribution in [-0.2, 0) is 0 Å². The summed E-state index contributed by atoms with van der Waals surface area (Å²) >= 11 is 0. The van der Waals surface area contributed by atoms with E-state index in [-0.39, 0.29) is 0 Å². The maximum absolute atomic E-state index is 5.68. The normalized spacial score (nSPS) is 12.4. The van der Waals surface area contributed by atoms with Crippen LogP contribution in [0.5, 0.6) is 5.75 Å². The van der Waals surface area contributed by atoms with Crippen molar-refractivity contribution in [1.29, 1.82) is 0 Å². The van der Waals surface area contributed by atoms with Crippen LogP contribution in [-0.4, -0.2) is 19.7 Å². The molecule has 90 valence electrons. The summed E-state index contributed by atoms with van der Waals surface area (Å²) < 4.78 is 5.68. The van der Waals surface area contributed by atoms with Gasteiger partial charge in [-0.1, -0.05) is 12.1 Å². The van der Waals surface area contributed by atoms with E-state index in [9.17, 15) is 0 Å². The van der Waals surface area contributed by atoms with Crippen molar-refractivity contribution >= 4 is 0 Å². The highest BCUT2D eigenvalue weighted by atomic mass is 16.5. The fourth-order valence-electron chi connectivity index (χ4n) is 1.59. The number of ether oxygens (including phenoxy) is 1. The van der Waals surface area contributed by atoms with Gasteiger partial charge in [0.25, 0.3) is 0 Å². The summed E-state index contributed by atoms with van der Waals surface area (Å²) in [4.78, 5) is 0. The van der Waals surface area contributed by atoms with Crippen LogP contribution in [0.1, 0.15) is 31.7 Å². The Morgan fingerprint density at radius 1 is 1.31 bits per heavy atom. The second-order valence-corrected chi connectivity index (χ2v) is 4.35. The van der Waals surface area contributed by atoms with Gasteiger partial charge in [-0.3, -0.25) is 0 Å². The number of nitrogens with one attached hydrogen (secondary N) is 1. The van der Waals surface area contributed by atoms with Crippen LogP contribution < -0.4 is 10.1 Å². The van der Waals surface area contributed by atoms with Crippen molar-refractivity contribution in [2.45, 2.75) is 39.2 Å². The van der Waals surface area contributed by atoms with Crippen molar-refractivity contribution < 1.29 is 4.74 Å². The minimum atomic E-state index is 0.610. The first-order chi connectivity index (χ1) is 7.72. The second kappa shape index (κ2) is 7.29. The van der Waals surface area contributed by atoms with Gasteiger partial charge in [0, 0.05) is 6.04 Å². The molecule has 0 spiro atoms. The molecule has 1 rings (SSSR count). The Hall–Kier alpha value is -1.02. The van der Waals surface area contributed by atoms with Crippen LogP contribution in [0.15, 0.2) is 24.3 Å². The first-order valence-electron chi connectivity index (χ1n) is 6.09. The zero-order valence-corrected chi connectivity index (χ0v) is 10.6. The molecule has 0 radical (unpaired) electrons. The summed E-state index contributed by atoms with van der Waals surface area (Å²) in [6.07, 6.45) is 3.56. The zero-order chi connectivity index (χ0) is 11.8. The van der Waals surface area contributed by atoms with E-state index in [0.717, 1.165) is 18.8 Å². The lowest BCUT2D eigenvalue weighted by atomic mass is 10.1. The number of benzene rings is 1. The molecule has 1 unspecified atom stereocenters. The van der Waals surface area contributed by atoms with Gasteiger partial charge in [0.2, 0.25) is 0 Å². The molecule has 2 heteroatoms. The summed E-state index contributed by atoms with van der Waals surface area (Å²) in [6.45, 7) is 5.11.